The normalized spacial score (nSPS) is 11.3. The fourth-order valence-electron chi connectivity index (χ4n) is 1.36. The van der Waals surface area contributed by atoms with Gasteiger partial charge in [0, 0.05) is 24.4 Å². The highest BCUT2D eigenvalue weighted by Crippen LogP contribution is 2.07. The minimum Gasteiger partial charge on any atom is -0.311 e. The van der Waals surface area contributed by atoms with E-state index in [1.807, 2.05) is 6.92 Å². The van der Waals surface area contributed by atoms with Crippen molar-refractivity contribution in [2.24, 2.45) is 0 Å². The molecule has 0 saturated heterocycles. The Morgan fingerprint density at radius 1 is 1.39 bits per heavy atom. The number of amides is 1. The molecular weight excluding hydrogens is 254 g/mol. The standard InChI is InChI=1S/C11H17N3O3S/c1-4-9-7-10(13-8(2)12-9)14-11(15)5-6-18(3,16)17/h7H,4-6H2,1-3H3,(H,12,13,14,15). The maximum atomic E-state index is 11.5. The lowest BCUT2D eigenvalue weighted by Crippen LogP contribution is -2.17. The van der Waals surface area contributed by atoms with Crippen molar-refractivity contribution in [3.63, 3.8) is 0 Å². The number of sulfone groups is 1. The second-order valence-corrected chi connectivity index (χ2v) is 6.33. The van der Waals surface area contributed by atoms with E-state index in [9.17, 15) is 13.2 Å². The molecule has 0 spiro atoms. The molecule has 0 aliphatic carbocycles. The van der Waals surface area contributed by atoms with E-state index >= 15 is 0 Å². The van der Waals surface area contributed by atoms with Crippen molar-refractivity contribution >= 4 is 21.6 Å². The number of carbonyl (C=O) groups excluding carboxylic acids is 1. The van der Waals surface area contributed by atoms with Crippen LogP contribution in [0.15, 0.2) is 6.07 Å². The van der Waals surface area contributed by atoms with Gasteiger partial charge in [0.2, 0.25) is 5.91 Å². The van der Waals surface area contributed by atoms with Gasteiger partial charge >= 0.3 is 0 Å². The Balaban J connectivity index is 2.67. The molecule has 0 unspecified atom stereocenters. The second kappa shape index (κ2) is 5.90. The van der Waals surface area contributed by atoms with E-state index in [-0.39, 0.29) is 18.1 Å². The van der Waals surface area contributed by atoms with E-state index in [1.165, 1.54) is 0 Å². The molecule has 0 fully saturated rings. The molecule has 1 N–H and O–H groups in total. The second-order valence-electron chi connectivity index (χ2n) is 4.07. The zero-order valence-corrected chi connectivity index (χ0v) is 11.5. The maximum absolute atomic E-state index is 11.5. The summed E-state index contributed by atoms with van der Waals surface area (Å²) in [5, 5.41) is 2.58. The summed E-state index contributed by atoms with van der Waals surface area (Å²) in [5.74, 6) is 0.468. The number of rotatable bonds is 5. The molecule has 1 aromatic rings. The minimum absolute atomic E-state index is 0.0661. The molecule has 0 atom stereocenters. The summed E-state index contributed by atoms with van der Waals surface area (Å²) in [6, 6.07) is 1.69. The summed E-state index contributed by atoms with van der Waals surface area (Å²) in [7, 11) is -3.13. The molecule has 0 aliphatic heterocycles. The summed E-state index contributed by atoms with van der Waals surface area (Å²) < 4.78 is 21.9. The zero-order chi connectivity index (χ0) is 13.8. The Kier molecular flexibility index (Phi) is 4.77. The predicted molar refractivity (Wildman–Crippen MR) is 69.1 cm³/mol. The van der Waals surface area contributed by atoms with Crippen LogP contribution in [0.2, 0.25) is 0 Å². The number of aryl methyl sites for hydroxylation is 2. The molecule has 6 nitrogen and oxygen atoms in total. The van der Waals surface area contributed by atoms with Crippen molar-refractivity contribution in [1.29, 1.82) is 0 Å². The molecule has 0 saturated carbocycles. The quantitative estimate of drug-likeness (QED) is 0.852. The van der Waals surface area contributed by atoms with Crippen LogP contribution in [-0.2, 0) is 21.1 Å². The van der Waals surface area contributed by atoms with Gasteiger partial charge in [-0.05, 0) is 13.3 Å². The maximum Gasteiger partial charge on any atom is 0.226 e. The topological polar surface area (TPSA) is 89.0 Å². The van der Waals surface area contributed by atoms with E-state index in [0.29, 0.717) is 11.6 Å². The van der Waals surface area contributed by atoms with Crippen LogP contribution in [0.5, 0.6) is 0 Å². The molecule has 1 heterocycles. The van der Waals surface area contributed by atoms with Gasteiger partial charge in [0.25, 0.3) is 0 Å². The summed E-state index contributed by atoms with van der Waals surface area (Å²) in [6.45, 7) is 3.70. The predicted octanol–water partition coefficient (Wildman–Crippen LogP) is 0.721. The van der Waals surface area contributed by atoms with E-state index in [1.54, 1.807) is 13.0 Å². The molecule has 1 aromatic heterocycles. The summed E-state index contributed by atoms with van der Waals surface area (Å²) in [5.41, 5.74) is 0.834. The third kappa shape index (κ3) is 5.22. The van der Waals surface area contributed by atoms with Crippen LogP contribution in [0.3, 0.4) is 0 Å². The lowest BCUT2D eigenvalue weighted by molar-refractivity contribution is -0.115. The molecular formula is C11H17N3O3S. The average Bonchev–Trinajstić information content (AvgIpc) is 2.24. The first-order valence-corrected chi connectivity index (χ1v) is 7.68. The van der Waals surface area contributed by atoms with Crippen LogP contribution >= 0.6 is 0 Å². The number of nitrogens with zero attached hydrogens (tertiary/aromatic N) is 2. The van der Waals surface area contributed by atoms with E-state index in [4.69, 9.17) is 0 Å². The molecule has 18 heavy (non-hydrogen) atoms. The third-order valence-corrected chi connectivity index (χ3v) is 3.17. The van der Waals surface area contributed by atoms with Crippen molar-refractivity contribution in [1.82, 2.24) is 9.97 Å². The molecule has 100 valence electrons. The largest absolute Gasteiger partial charge is 0.311 e. The minimum atomic E-state index is -3.13. The molecule has 7 heteroatoms. The van der Waals surface area contributed by atoms with Crippen LogP contribution in [0.1, 0.15) is 24.9 Å². The van der Waals surface area contributed by atoms with Crippen LogP contribution in [0, 0.1) is 6.92 Å². The Morgan fingerprint density at radius 3 is 2.61 bits per heavy atom. The van der Waals surface area contributed by atoms with Gasteiger partial charge in [-0.15, -0.1) is 0 Å². The van der Waals surface area contributed by atoms with Crippen molar-refractivity contribution in [2.45, 2.75) is 26.7 Å². The lowest BCUT2D eigenvalue weighted by Gasteiger charge is -2.06. The van der Waals surface area contributed by atoms with Crippen molar-refractivity contribution in [3.8, 4) is 0 Å². The highest BCUT2D eigenvalue weighted by molar-refractivity contribution is 7.90. The first-order chi connectivity index (χ1) is 8.30. The smallest absolute Gasteiger partial charge is 0.226 e. The molecule has 0 radical (unpaired) electrons. The van der Waals surface area contributed by atoms with E-state index < -0.39 is 9.84 Å². The monoisotopic (exact) mass is 271 g/mol. The Labute approximate surface area is 107 Å². The van der Waals surface area contributed by atoms with Gasteiger partial charge in [-0.2, -0.15) is 0 Å². The Morgan fingerprint density at radius 2 is 2.06 bits per heavy atom. The number of hydrogen-bond acceptors (Lipinski definition) is 5. The molecule has 0 aliphatic rings. The average molecular weight is 271 g/mol. The van der Waals surface area contributed by atoms with Gasteiger partial charge in [-0.25, -0.2) is 18.4 Å². The summed E-state index contributed by atoms with van der Waals surface area (Å²) in [4.78, 5) is 19.8. The van der Waals surface area contributed by atoms with Gasteiger partial charge in [0.1, 0.15) is 21.5 Å². The molecule has 1 amide bonds. The highest BCUT2D eigenvalue weighted by atomic mass is 32.2. The van der Waals surface area contributed by atoms with Gasteiger partial charge in [0.15, 0.2) is 0 Å². The number of carbonyl (C=O) groups is 1. The first-order valence-electron chi connectivity index (χ1n) is 5.62. The van der Waals surface area contributed by atoms with Crippen LogP contribution < -0.4 is 5.32 Å². The van der Waals surface area contributed by atoms with E-state index in [2.05, 4.69) is 15.3 Å². The third-order valence-electron chi connectivity index (χ3n) is 2.22. The van der Waals surface area contributed by atoms with Gasteiger partial charge < -0.3 is 5.32 Å². The highest BCUT2D eigenvalue weighted by Gasteiger charge is 2.09. The Hall–Kier alpha value is -1.50. The van der Waals surface area contributed by atoms with Crippen molar-refractivity contribution in [2.75, 3.05) is 17.3 Å². The Bertz CT molecular complexity index is 540. The SMILES string of the molecule is CCc1cc(NC(=O)CCS(C)(=O)=O)nc(C)n1. The van der Waals surface area contributed by atoms with Gasteiger partial charge in [-0.3, -0.25) is 4.79 Å². The van der Waals surface area contributed by atoms with E-state index in [0.717, 1.165) is 18.4 Å². The summed E-state index contributed by atoms with van der Waals surface area (Å²) in [6.07, 6.45) is 1.78. The summed E-state index contributed by atoms with van der Waals surface area (Å²) >= 11 is 0. The van der Waals surface area contributed by atoms with Gasteiger partial charge in [-0.1, -0.05) is 6.92 Å². The molecule has 0 aromatic carbocycles. The number of aromatic nitrogens is 2. The fourth-order valence-corrected chi connectivity index (χ4v) is 1.91. The fraction of sp³-hybridized carbons (Fsp3) is 0.545. The van der Waals surface area contributed by atoms with Crippen LogP contribution in [0.4, 0.5) is 5.82 Å². The molecule has 1 rings (SSSR count). The van der Waals surface area contributed by atoms with Crippen LogP contribution in [-0.4, -0.2) is 36.3 Å². The van der Waals surface area contributed by atoms with Crippen LogP contribution in [0.25, 0.3) is 0 Å². The zero-order valence-electron chi connectivity index (χ0n) is 10.7. The first kappa shape index (κ1) is 14.6. The molecule has 0 bridgehead atoms. The number of hydrogen-bond donors (Lipinski definition) is 1. The van der Waals surface area contributed by atoms with Crippen molar-refractivity contribution in [3.05, 3.63) is 17.6 Å². The van der Waals surface area contributed by atoms with Crippen molar-refractivity contribution < 1.29 is 13.2 Å². The number of anilines is 1. The van der Waals surface area contributed by atoms with Gasteiger partial charge in [0.05, 0.1) is 5.75 Å². The number of nitrogens with one attached hydrogen (secondary N) is 1. The lowest BCUT2D eigenvalue weighted by atomic mass is 10.3.